The summed E-state index contributed by atoms with van der Waals surface area (Å²) in [4.78, 5) is 0. The summed E-state index contributed by atoms with van der Waals surface area (Å²) in [6.45, 7) is 0.888. The fraction of sp³-hybridized carbons (Fsp3) is 0.591. The summed E-state index contributed by atoms with van der Waals surface area (Å²) in [6, 6.07) is 9.12. The van der Waals surface area contributed by atoms with Crippen LogP contribution >= 0.6 is 0 Å². The second kappa shape index (κ2) is 9.15. The molecule has 0 radical (unpaired) electrons. The summed E-state index contributed by atoms with van der Waals surface area (Å²) in [6.07, 6.45) is 13.4. The number of halogens is 1. The SMILES string of the molecule is N#CC=CC1CCC(OCC2CCC(c3ccc(F)cc3)CC2)CC1. The second-order valence-corrected chi connectivity index (χ2v) is 7.63. The Kier molecular flexibility index (Phi) is 6.64. The van der Waals surface area contributed by atoms with E-state index in [-0.39, 0.29) is 5.82 Å². The van der Waals surface area contributed by atoms with E-state index in [2.05, 4.69) is 6.07 Å². The minimum absolute atomic E-state index is 0.149. The minimum atomic E-state index is -0.149. The first-order chi connectivity index (χ1) is 12.2. The van der Waals surface area contributed by atoms with Crippen LogP contribution in [-0.4, -0.2) is 12.7 Å². The third-order valence-electron chi connectivity index (χ3n) is 5.92. The van der Waals surface area contributed by atoms with Gasteiger partial charge in [-0.25, -0.2) is 4.39 Å². The van der Waals surface area contributed by atoms with Gasteiger partial charge in [0.2, 0.25) is 0 Å². The van der Waals surface area contributed by atoms with Crippen LogP contribution in [0, 0.1) is 29.0 Å². The maximum absolute atomic E-state index is 13.0. The number of rotatable bonds is 5. The van der Waals surface area contributed by atoms with Crippen molar-refractivity contribution in [3.63, 3.8) is 0 Å². The van der Waals surface area contributed by atoms with Gasteiger partial charge in [-0.15, -0.1) is 0 Å². The van der Waals surface area contributed by atoms with E-state index >= 15 is 0 Å². The van der Waals surface area contributed by atoms with E-state index in [0.29, 0.717) is 23.9 Å². The van der Waals surface area contributed by atoms with E-state index in [9.17, 15) is 4.39 Å². The van der Waals surface area contributed by atoms with E-state index in [0.717, 1.165) is 32.3 Å². The van der Waals surface area contributed by atoms with Crippen molar-refractivity contribution in [2.75, 3.05) is 6.61 Å². The van der Waals surface area contributed by atoms with Crippen molar-refractivity contribution in [3.8, 4) is 6.07 Å². The number of nitrogens with zero attached hydrogens (tertiary/aromatic N) is 1. The van der Waals surface area contributed by atoms with Crippen LogP contribution in [0.3, 0.4) is 0 Å². The lowest BCUT2D eigenvalue weighted by atomic mass is 9.79. The molecule has 0 atom stereocenters. The third kappa shape index (κ3) is 5.41. The normalized spacial score (nSPS) is 30.2. The molecule has 134 valence electrons. The van der Waals surface area contributed by atoms with Gasteiger partial charge in [-0.3, -0.25) is 0 Å². The molecule has 2 fully saturated rings. The molecule has 0 aliphatic heterocycles. The molecule has 3 heteroatoms. The highest BCUT2D eigenvalue weighted by Gasteiger charge is 2.25. The molecule has 2 aliphatic rings. The summed E-state index contributed by atoms with van der Waals surface area (Å²) in [5.74, 6) is 1.67. The summed E-state index contributed by atoms with van der Waals surface area (Å²) >= 11 is 0. The summed E-state index contributed by atoms with van der Waals surface area (Å²) < 4.78 is 19.2. The Morgan fingerprint density at radius 2 is 1.68 bits per heavy atom. The van der Waals surface area contributed by atoms with Gasteiger partial charge in [0, 0.05) is 12.7 Å². The number of benzene rings is 1. The van der Waals surface area contributed by atoms with Gasteiger partial charge in [-0.2, -0.15) is 5.26 Å². The molecule has 0 unspecified atom stereocenters. The molecule has 0 amide bonds. The van der Waals surface area contributed by atoms with Gasteiger partial charge < -0.3 is 4.74 Å². The van der Waals surface area contributed by atoms with Crippen LogP contribution in [0.1, 0.15) is 62.8 Å². The number of ether oxygens (including phenoxy) is 1. The number of hydrogen-bond acceptors (Lipinski definition) is 2. The lowest BCUT2D eigenvalue weighted by Gasteiger charge is -2.32. The van der Waals surface area contributed by atoms with Crippen molar-refractivity contribution in [1.82, 2.24) is 0 Å². The van der Waals surface area contributed by atoms with Gasteiger partial charge in [0.25, 0.3) is 0 Å². The van der Waals surface area contributed by atoms with Crippen LogP contribution < -0.4 is 0 Å². The highest BCUT2D eigenvalue weighted by molar-refractivity contribution is 5.20. The molecule has 0 aromatic heterocycles. The molecule has 2 nitrogen and oxygen atoms in total. The lowest BCUT2D eigenvalue weighted by molar-refractivity contribution is -0.00456. The molecule has 2 aliphatic carbocycles. The van der Waals surface area contributed by atoms with Gasteiger partial charge in [-0.1, -0.05) is 18.2 Å². The molecular formula is C22H28FNO. The van der Waals surface area contributed by atoms with Crippen LogP contribution in [0.15, 0.2) is 36.4 Å². The van der Waals surface area contributed by atoms with Crippen molar-refractivity contribution in [1.29, 1.82) is 5.26 Å². The largest absolute Gasteiger partial charge is 0.378 e. The molecule has 0 saturated heterocycles. The predicted octanol–water partition coefficient (Wildman–Crippen LogP) is 5.75. The third-order valence-corrected chi connectivity index (χ3v) is 5.92. The van der Waals surface area contributed by atoms with Crippen LogP contribution in [-0.2, 0) is 4.74 Å². The van der Waals surface area contributed by atoms with Crippen LogP contribution in [0.5, 0.6) is 0 Å². The quantitative estimate of drug-likeness (QED) is 0.638. The van der Waals surface area contributed by atoms with E-state index in [1.807, 2.05) is 18.2 Å². The first-order valence-electron chi connectivity index (χ1n) is 9.68. The number of hydrogen-bond donors (Lipinski definition) is 0. The minimum Gasteiger partial charge on any atom is -0.378 e. The molecule has 3 rings (SSSR count). The zero-order chi connectivity index (χ0) is 17.5. The van der Waals surface area contributed by atoms with Crippen LogP contribution in [0.2, 0.25) is 0 Å². The van der Waals surface area contributed by atoms with Crippen molar-refractivity contribution >= 4 is 0 Å². The van der Waals surface area contributed by atoms with E-state index in [1.165, 1.54) is 31.2 Å². The highest BCUT2D eigenvalue weighted by Crippen LogP contribution is 2.36. The predicted molar refractivity (Wildman–Crippen MR) is 97.6 cm³/mol. The molecule has 25 heavy (non-hydrogen) atoms. The van der Waals surface area contributed by atoms with Gasteiger partial charge in [-0.05, 0) is 86.8 Å². The zero-order valence-electron chi connectivity index (χ0n) is 14.9. The first kappa shape index (κ1) is 18.1. The summed E-state index contributed by atoms with van der Waals surface area (Å²) in [5, 5.41) is 8.60. The Morgan fingerprint density at radius 3 is 2.32 bits per heavy atom. The van der Waals surface area contributed by atoms with Crippen LogP contribution in [0.4, 0.5) is 4.39 Å². The maximum Gasteiger partial charge on any atom is 0.123 e. The Morgan fingerprint density at radius 1 is 1.00 bits per heavy atom. The Balaban J connectivity index is 1.35. The molecule has 1 aromatic carbocycles. The average molecular weight is 341 g/mol. The molecule has 0 spiro atoms. The topological polar surface area (TPSA) is 33.0 Å². The van der Waals surface area contributed by atoms with Gasteiger partial charge in [0.1, 0.15) is 5.82 Å². The van der Waals surface area contributed by atoms with Gasteiger partial charge in [0.15, 0.2) is 0 Å². The fourth-order valence-corrected chi connectivity index (χ4v) is 4.30. The monoisotopic (exact) mass is 341 g/mol. The van der Waals surface area contributed by atoms with Crippen molar-refractivity contribution < 1.29 is 9.13 Å². The second-order valence-electron chi connectivity index (χ2n) is 7.63. The average Bonchev–Trinajstić information content (AvgIpc) is 2.67. The smallest absolute Gasteiger partial charge is 0.123 e. The molecule has 1 aromatic rings. The van der Waals surface area contributed by atoms with Crippen LogP contribution in [0.25, 0.3) is 0 Å². The van der Waals surface area contributed by atoms with E-state index in [4.69, 9.17) is 10.00 Å². The molecule has 2 saturated carbocycles. The highest BCUT2D eigenvalue weighted by atomic mass is 19.1. The fourth-order valence-electron chi connectivity index (χ4n) is 4.30. The lowest BCUT2D eigenvalue weighted by Crippen LogP contribution is -2.25. The summed E-state index contributed by atoms with van der Waals surface area (Å²) in [5.41, 5.74) is 1.28. The Hall–Kier alpha value is -1.66. The van der Waals surface area contributed by atoms with Gasteiger partial charge in [0.05, 0.1) is 12.2 Å². The molecule has 0 N–H and O–H groups in total. The van der Waals surface area contributed by atoms with Crippen molar-refractivity contribution in [3.05, 3.63) is 47.8 Å². The van der Waals surface area contributed by atoms with Crippen molar-refractivity contribution in [2.24, 2.45) is 11.8 Å². The van der Waals surface area contributed by atoms with Crippen molar-refractivity contribution in [2.45, 2.75) is 63.4 Å². The maximum atomic E-state index is 13.0. The molecule has 0 bridgehead atoms. The first-order valence-corrected chi connectivity index (χ1v) is 9.68. The number of allylic oxidation sites excluding steroid dienone is 2. The molecule has 0 heterocycles. The Labute approximate surface area is 150 Å². The van der Waals surface area contributed by atoms with Gasteiger partial charge >= 0.3 is 0 Å². The summed E-state index contributed by atoms with van der Waals surface area (Å²) in [7, 11) is 0. The van der Waals surface area contributed by atoms with E-state index in [1.54, 1.807) is 18.2 Å². The zero-order valence-corrected chi connectivity index (χ0v) is 14.9. The Bertz CT molecular complexity index is 587. The standard InChI is InChI=1S/C22H28FNO/c23-21-11-9-20(10-12-21)19-7-3-18(4-8-19)16-25-22-13-5-17(6-14-22)2-1-15-24/h1-2,9-12,17-19,22H,3-8,13-14,16H2. The molecular weight excluding hydrogens is 313 g/mol. The van der Waals surface area contributed by atoms with E-state index < -0.39 is 0 Å². The number of nitriles is 1.